The summed E-state index contributed by atoms with van der Waals surface area (Å²) < 4.78 is 24.4. The molecule has 0 saturated heterocycles. The Balaban J connectivity index is 2.02. The maximum Gasteiger partial charge on any atom is 0.225 e. The van der Waals surface area contributed by atoms with Crippen LogP contribution in [0.5, 0.6) is 0 Å². The van der Waals surface area contributed by atoms with Crippen molar-refractivity contribution in [3.05, 3.63) is 59.1 Å². The largest absolute Gasteiger partial charge is 0.326 e. The van der Waals surface area contributed by atoms with Crippen molar-refractivity contribution in [1.29, 1.82) is 0 Å². The first-order valence-electron chi connectivity index (χ1n) is 6.73. The summed E-state index contributed by atoms with van der Waals surface area (Å²) >= 11 is 5.89. The predicted molar refractivity (Wildman–Crippen MR) is 87.9 cm³/mol. The summed E-state index contributed by atoms with van der Waals surface area (Å²) in [5.41, 5.74) is 1.60. The lowest BCUT2D eigenvalue weighted by atomic mass is 10.2. The minimum atomic E-state index is -3.58. The molecule has 0 spiro atoms. The number of para-hydroxylation sites is 1. The number of carbonyl (C=O) groups excluding carboxylic acids is 1. The zero-order chi connectivity index (χ0) is 16.2. The number of rotatable bonds is 5. The third-order valence-electron chi connectivity index (χ3n) is 3.19. The van der Waals surface area contributed by atoms with Gasteiger partial charge in [-0.25, -0.2) is 8.42 Å². The molecule has 116 valence electrons. The van der Waals surface area contributed by atoms with Gasteiger partial charge in [-0.3, -0.25) is 4.79 Å². The normalized spacial score (nSPS) is 11.2. The van der Waals surface area contributed by atoms with Gasteiger partial charge in [0.15, 0.2) is 9.84 Å². The summed E-state index contributed by atoms with van der Waals surface area (Å²) in [6, 6.07) is 13.5. The van der Waals surface area contributed by atoms with Crippen LogP contribution in [-0.4, -0.2) is 20.1 Å². The van der Waals surface area contributed by atoms with E-state index in [0.29, 0.717) is 5.69 Å². The fourth-order valence-corrected chi connectivity index (χ4v) is 3.77. The standard InChI is InChI=1S/C16H16ClNO3S/c1-12-6-2-4-8-14(12)18-16(19)10-11-22(20,21)15-9-5-3-7-13(15)17/h2-9H,10-11H2,1H3,(H,18,19). The van der Waals surface area contributed by atoms with E-state index in [2.05, 4.69) is 5.32 Å². The van der Waals surface area contributed by atoms with Gasteiger partial charge in [0.2, 0.25) is 5.91 Å². The minimum absolute atomic E-state index is 0.0559. The quantitative estimate of drug-likeness (QED) is 0.908. The molecule has 0 aliphatic carbocycles. The molecule has 2 rings (SSSR count). The van der Waals surface area contributed by atoms with Crippen molar-refractivity contribution in [2.75, 3.05) is 11.1 Å². The van der Waals surface area contributed by atoms with Crippen LogP contribution >= 0.6 is 11.6 Å². The van der Waals surface area contributed by atoms with Crippen LogP contribution in [0.25, 0.3) is 0 Å². The zero-order valence-corrected chi connectivity index (χ0v) is 13.6. The second-order valence-corrected chi connectivity index (χ2v) is 7.35. The van der Waals surface area contributed by atoms with E-state index in [1.807, 2.05) is 25.1 Å². The molecule has 2 aromatic rings. The van der Waals surface area contributed by atoms with E-state index < -0.39 is 9.84 Å². The maximum atomic E-state index is 12.2. The van der Waals surface area contributed by atoms with Crippen LogP contribution in [0.2, 0.25) is 5.02 Å². The lowest BCUT2D eigenvalue weighted by Gasteiger charge is -2.09. The smallest absolute Gasteiger partial charge is 0.225 e. The van der Waals surface area contributed by atoms with Crippen molar-refractivity contribution in [1.82, 2.24) is 0 Å². The van der Waals surface area contributed by atoms with Crippen molar-refractivity contribution in [3.63, 3.8) is 0 Å². The summed E-state index contributed by atoms with van der Waals surface area (Å²) in [7, 11) is -3.58. The number of aryl methyl sites for hydroxylation is 1. The first kappa shape index (κ1) is 16.5. The molecule has 2 aromatic carbocycles. The molecule has 0 unspecified atom stereocenters. The highest BCUT2D eigenvalue weighted by Crippen LogP contribution is 2.22. The predicted octanol–water partition coefficient (Wildman–Crippen LogP) is 3.45. The molecule has 6 heteroatoms. The van der Waals surface area contributed by atoms with Crippen molar-refractivity contribution in [2.24, 2.45) is 0 Å². The van der Waals surface area contributed by atoms with E-state index in [1.54, 1.807) is 18.2 Å². The number of halogens is 1. The Hall–Kier alpha value is -1.85. The molecular weight excluding hydrogens is 322 g/mol. The van der Waals surface area contributed by atoms with E-state index in [4.69, 9.17) is 11.6 Å². The van der Waals surface area contributed by atoms with Gasteiger partial charge in [0.25, 0.3) is 0 Å². The topological polar surface area (TPSA) is 63.2 Å². The summed E-state index contributed by atoms with van der Waals surface area (Å²) in [6.07, 6.45) is -0.123. The van der Waals surface area contributed by atoms with Crippen LogP contribution in [0.3, 0.4) is 0 Å². The van der Waals surface area contributed by atoms with Crippen molar-refractivity contribution < 1.29 is 13.2 Å². The van der Waals surface area contributed by atoms with Crippen molar-refractivity contribution in [2.45, 2.75) is 18.2 Å². The third-order valence-corrected chi connectivity index (χ3v) is 5.40. The number of amides is 1. The molecule has 0 bridgehead atoms. The van der Waals surface area contributed by atoms with Crippen LogP contribution < -0.4 is 5.32 Å². The SMILES string of the molecule is Cc1ccccc1NC(=O)CCS(=O)(=O)c1ccccc1Cl. The number of benzene rings is 2. The van der Waals surface area contributed by atoms with E-state index in [1.165, 1.54) is 12.1 Å². The lowest BCUT2D eigenvalue weighted by molar-refractivity contribution is -0.115. The van der Waals surface area contributed by atoms with Crippen molar-refractivity contribution in [3.8, 4) is 0 Å². The highest BCUT2D eigenvalue weighted by atomic mass is 35.5. The molecular formula is C16H16ClNO3S. The average Bonchev–Trinajstić information content (AvgIpc) is 2.48. The molecule has 0 saturated carbocycles. The first-order chi connectivity index (χ1) is 10.4. The van der Waals surface area contributed by atoms with Gasteiger partial charge < -0.3 is 5.32 Å². The zero-order valence-electron chi connectivity index (χ0n) is 12.0. The van der Waals surface area contributed by atoms with E-state index in [-0.39, 0.29) is 28.0 Å². The monoisotopic (exact) mass is 337 g/mol. The van der Waals surface area contributed by atoms with Crippen LogP contribution in [0.15, 0.2) is 53.4 Å². The molecule has 4 nitrogen and oxygen atoms in total. The first-order valence-corrected chi connectivity index (χ1v) is 8.76. The average molecular weight is 338 g/mol. The number of nitrogens with one attached hydrogen (secondary N) is 1. The van der Waals surface area contributed by atoms with E-state index in [0.717, 1.165) is 5.56 Å². The Bertz CT molecular complexity index is 787. The van der Waals surface area contributed by atoms with Gasteiger partial charge in [-0.1, -0.05) is 41.9 Å². The van der Waals surface area contributed by atoms with E-state index in [9.17, 15) is 13.2 Å². The van der Waals surface area contributed by atoms with Crippen LogP contribution in [-0.2, 0) is 14.6 Å². The number of anilines is 1. The van der Waals surface area contributed by atoms with Crippen LogP contribution in [0, 0.1) is 6.92 Å². The maximum absolute atomic E-state index is 12.2. The summed E-state index contributed by atoms with van der Waals surface area (Å²) in [5, 5.41) is 2.88. The number of sulfone groups is 1. The van der Waals surface area contributed by atoms with Gasteiger partial charge in [-0.15, -0.1) is 0 Å². The highest BCUT2D eigenvalue weighted by Gasteiger charge is 2.19. The van der Waals surface area contributed by atoms with Gasteiger partial charge in [0, 0.05) is 12.1 Å². The minimum Gasteiger partial charge on any atom is -0.326 e. The van der Waals surface area contributed by atoms with E-state index >= 15 is 0 Å². The fourth-order valence-electron chi connectivity index (χ4n) is 1.96. The molecule has 22 heavy (non-hydrogen) atoms. The molecule has 0 aliphatic heterocycles. The molecule has 0 fully saturated rings. The number of carbonyl (C=O) groups is 1. The Kier molecular flexibility index (Phi) is 5.21. The second-order valence-electron chi connectivity index (χ2n) is 4.86. The summed E-state index contributed by atoms with van der Waals surface area (Å²) in [5.74, 6) is -0.626. The Morgan fingerprint density at radius 3 is 2.41 bits per heavy atom. The van der Waals surface area contributed by atoms with Gasteiger partial charge in [-0.05, 0) is 30.7 Å². The van der Waals surface area contributed by atoms with Gasteiger partial charge in [-0.2, -0.15) is 0 Å². The highest BCUT2D eigenvalue weighted by molar-refractivity contribution is 7.91. The molecule has 0 atom stereocenters. The van der Waals surface area contributed by atoms with Gasteiger partial charge >= 0.3 is 0 Å². The van der Waals surface area contributed by atoms with Crippen LogP contribution in [0.4, 0.5) is 5.69 Å². The molecule has 0 radical (unpaired) electrons. The summed E-state index contributed by atoms with van der Waals surface area (Å²) in [4.78, 5) is 12.0. The van der Waals surface area contributed by atoms with Crippen molar-refractivity contribution >= 4 is 33.0 Å². The van der Waals surface area contributed by atoms with Gasteiger partial charge in [0.05, 0.1) is 15.7 Å². The Morgan fingerprint density at radius 2 is 1.73 bits per heavy atom. The third kappa shape index (κ3) is 4.08. The van der Waals surface area contributed by atoms with Gasteiger partial charge in [0.1, 0.15) is 0 Å². The molecule has 1 N–H and O–H groups in total. The fraction of sp³-hybridized carbons (Fsp3) is 0.188. The Morgan fingerprint density at radius 1 is 1.09 bits per heavy atom. The number of hydrogen-bond donors (Lipinski definition) is 1. The molecule has 0 aromatic heterocycles. The van der Waals surface area contributed by atoms with Crippen LogP contribution in [0.1, 0.15) is 12.0 Å². The number of hydrogen-bond acceptors (Lipinski definition) is 3. The molecule has 1 amide bonds. The summed E-state index contributed by atoms with van der Waals surface area (Å²) in [6.45, 7) is 1.87. The molecule has 0 aliphatic rings. The second kappa shape index (κ2) is 6.94. The Labute approximate surface area is 135 Å². The lowest BCUT2D eigenvalue weighted by Crippen LogP contribution is -2.18. The molecule has 0 heterocycles.